The number of carboxylic acid groups (broad SMARTS) is 1. The van der Waals surface area contributed by atoms with Gasteiger partial charge in [-0.3, -0.25) is 4.79 Å². The maximum Gasteiger partial charge on any atom is 0.416 e. The van der Waals surface area contributed by atoms with E-state index in [0.29, 0.717) is 19.3 Å². The number of allylic oxidation sites excluding steroid dienone is 2. The summed E-state index contributed by atoms with van der Waals surface area (Å²) in [4.78, 5) is 11.3. The second kappa shape index (κ2) is 6.15. The molecule has 0 saturated heterocycles. The molecule has 0 aromatic heterocycles. The van der Waals surface area contributed by atoms with Crippen LogP contribution in [-0.4, -0.2) is 11.1 Å². The first-order valence-electron chi connectivity index (χ1n) is 7.38. The predicted molar refractivity (Wildman–Crippen MR) is 78.2 cm³/mol. The molecular formula is C17H19F3O2. The molecule has 2 nitrogen and oxygen atoms in total. The van der Waals surface area contributed by atoms with Crippen LogP contribution in [0, 0.1) is 11.8 Å². The zero-order valence-electron chi connectivity index (χ0n) is 12.6. The molecular weight excluding hydrogens is 293 g/mol. The van der Waals surface area contributed by atoms with Gasteiger partial charge in [-0.1, -0.05) is 31.6 Å². The summed E-state index contributed by atoms with van der Waals surface area (Å²) in [5, 5.41) is 9.26. The third-order valence-electron chi connectivity index (χ3n) is 4.50. The first-order valence-corrected chi connectivity index (χ1v) is 7.38. The SMILES string of the molecule is CCC1=C(c2ccc(C(F)(F)F)cc2)CCC(C(=O)O)C1C. The van der Waals surface area contributed by atoms with Crippen molar-refractivity contribution in [2.45, 2.75) is 39.3 Å². The van der Waals surface area contributed by atoms with E-state index < -0.39 is 23.6 Å². The highest BCUT2D eigenvalue weighted by Crippen LogP contribution is 2.41. The van der Waals surface area contributed by atoms with Crippen LogP contribution in [0.15, 0.2) is 29.8 Å². The Morgan fingerprint density at radius 1 is 1.27 bits per heavy atom. The molecule has 2 rings (SSSR count). The summed E-state index contributed by atoms with van der Waals surface area (Å²) in [6.07, 6.45) is -2.51. The molecule has 0 aliphatic heterocycles. The first-order chi connectivity index (χ1) is 10.3. The third-order valence-corrected chi connectivity index (χ3v) is 4.50. The van der Waals surface area contributed by atoms with Crippen LogP contribution in [-0.2, 0) is 11.0 Å². The molecule has 0 fully saturated rings. The van der Waals surface area contributed by atoms with Crippen molar-refractivity contribution in [1.82, 2.24) is 0 Å². The second-order valence-corrected chi connectivity index (χ2v) is 5.70. The monoisotopic (exact) mass is 312 g/mol. The van der Waals surface area contributed by atoms with Gasteiger partial charge < -0.3 is 5.11 Å². The average Bonchev–Trinajstić information content (AvgIpc) is 2.45. The van der Waals surface area contributed by atoms with Gasteiger partial charge in [0.25, 0.3) is 0 Å². The molecule has 0 radical (unpaired) electrons. The number of alkyl halides is 3. The van der Waals surface area contributed by atoms with Crippen LogP contribution in [0.1, 0.15) is 44.2 Å². The van der Waals surface area contributed by atoms with Crippen molar-refractivity contribution >= 4 is 11.5 Å². The van der Waals surface area contributed by atoms with Crippen LogP contribution in [0.5, 0.6) is 0 Å². The molecule has 0 bridgehead atoms. The number of benzene rings is 1. The summed E-state index contributed by atoms with van der Waals surface area (Å²) in [5.41, 5.74) is 2.14. The van der Waals surface area contributed by atoms with Gasteiger partial charge in [0.2, 0.25) is 0 Å². The summed E-state index contributed by atoms with van der Waals surface area (Å²) >= 11 is 0. The number of rotatable bonds is 3. The van der Waals surface area contributed by atoms with Crippen molar-refractivity contribution in [2.75, 3.05) is 0 Å². The quantitative estimate of drug-likeness (QED) is 0.853. The molecule has 0 spiro atoms. The molecule has 1 N–H and O–H groups in total. The van der Waals surface area contributed by atoms with Crippen LogP contribution in [0.25, 0.3) is 5.57 Å². The Bertz CT molecular complexity index is 585. The van der Waals surface area contributed by atoms with Crippen molar-refractivity contribution in [3.05, 3.63) is 41.0 Å². The molecule has 22 heavy (non-hydrogen) atoms. The van der Waals surface area contributed by atoms with Gasteiger partial charge in [-0.05, 0) is 48.4 Å². The van der Waals surface area contributed by atoms with E-state index in [-0.39, 0.29) is 5.92 Å². The summed E-state index contributed by atoms with van der Waals surface area (Å²) in [6.45, 7) is 3.85. The Balaban J connectivity index is 2.38. The van der Waals surface area contributed by atoms with Gasteiger partial charge in [-0.2, -0.15) is 13.2 Å². The van der Waals surface area contributed by atoms with E-state index in [1.165, 1.54) is 12.1 Å². The molecule has 1 aliphatic rings. The van der Waals surface area contributed by atoms with Crippen molar-refractivity contribution in [2.24, 2.45) is 11.8 Å². The number of carbonyl (C=O) groups is 1. The largest absolute Gasteiger partial charge is 0.481 e. The molecule has 1 aromatic rings. The average molecular weight is 312 g/mol. The van der Waals surface area contributed by atoms with E-state index in [0.717, 1.165) is 28.8 Å². The minimum Gasteiger partial charge on any atom is -0.481 e. The molecule has 5 heteroatoms. The van der Waals surface area contributed by atoms with Gasteiger partial charge in [0.1, 0.15) is 0 Å². The summed E-state index contributed by atoms with van der Waals surface area (Å²) in [7, 11) is 0. The van der Waals surface area contributed by atoms with E-state index >= 15 is 0 Å². The highest BCUT2D eigenvalue weighted by molar-refractivity contribution is 5.76. The van der Waals surface area contributed by atoms with Gasteiger partial charge >= 0.3 is 12.1 Å². The van der Waals surface area contributed by atoms with Crippen molar-refractivity contribution < 1.29 is 23.1 Å². The van der Waals surface area contributed by atoms with Crippen LogP contribution < -0.4 is 0 Å². The van der Waals surface area contributed by atoms with Crippen LogP contribution in [0.4, 0.5) is 13.2 Å². The lowest BCUT2D eigenvalue weighted by Crippen LogP contribution is -2.27. The summed E-state index contributed by atoms with van der Waals surface area (Å²) < 4.78 is 37.9. The molecule has 0 amide bonds. The Kier molecular flexibility index (Phi) is 4.63. The molecule has 2 atom stereocenters. The minimum atomic E-state index is -4.34. The second-order valence-electron chi connectivity index (χ2n) is 5.70. The zero-order valence-corrected chi connectivity index (χ0v) is 12.6. The number of aliphatic carboxylic acids is 1. The lowest BCUT2D eigenvalue weighted by Gasteiger charge is -2.31. The standard InChI is InChI=1S/C17H19F3O2/c1-3-13-10(2)14(16(21)22)8-9-15(13)11-4-6-12(7-5-11)17(18,19)20/h4-7,10,14H,3,8-9H2,1-2H3,(H,21,22). The molecule has 1 aliphatic carbocycles. The lowest BCUT2D eigenvalue weighted by molar-refractivity contribution is -0.143. The zero-order chi connectivity index (χ0) is 16.5. The normalized spacial score (nSPS) is 22.8. The highest BCUT2D eigenvalue weighted by atomic mass is 19.4. The third kappa shape index (κ3) is 3.18. The minimum absolute atomic E-state index is 0.0893. The predicted octanol–water partition coefficient (Wildman–Crippen LogP) is 5.00. The van der Waals surface area contributed by atoms with Crippen LogP contribution >= 0.6 is 0 Å². The Morgan fingerprint density at radius 3 is 2.32 bits per heavy atom. The lowest BCUT2D eigenvalue weighted by atomic mass is 9.73. The van der Waals surface area contributed by atoms with Crippen LogP contribution in [0.2, 0.25) is 0 Å². The smallest absolute Gasteiger partial charge is 0.416 e. The first kappa shape index (κ1) is 16.6. The fraction of sp³-hybridized carbons (Fsp3) is 0.471. The van der Waals surface area contributed by atoms with E-state index in [4.69, 9.17) is 0 Å². The molecule has 1 aromatic carbocycles. The Hall–Kier alpha value is -1.78. The molecule has 0 heterocycles. The van der Waals surface area contributed by atoms with Crippen molar-refractivity contribution in [3.63, 3.8) is 0 Å². The van der Waals surface area contributed by atoms with E-state index in [1.54, 1.807) is 0 Å². The number of hydrogen-bond acceptors (Lipinski definition) is 1. The Morgan fingerprint density at radius 2 is 1.86 bits per heavy atom. The fourth-order valence-corrected chi connectivity index (χ4v) is 3.29. The molecule has 2 unspecified atom stereocenters. The van der Waals surface area contributed by atoms with Gasteiger partial charge in [-0.15, -0.1) is 0 Å². The fourth-order valence-electron chi connectivity index (χ4n) is 3.29. The van der Waals surface area contributed by atoms with Gasteiger partial charge in [0.05, 0.1) is 11.5 Å². The van der Waals surface area contributed by atoms with E-state index in [2.05, 4.69) is 0 Å². The summed E-state index contributed by atoms with van der Waals surface area (Å²) in [6, 6.07) is 5.15. The van der Waals surface area contributed by atoms with E-state index in [1.807, 2.05) is 13.8 Å². The number of halogens is 3. The van der Waals surface area contributed by atoms with Crippen LogP contribution in [0.3, 0.4) is 0 Å². The topological polar surface area (TPSA) is 37.3 Å². The van der Waals surface area contributed by atoms with Gasteiger partial charge in [0.15, 0.2) is 0 Å². The molecule has 120 valence electrons. The van der Waals surface area contributed by atoms with E-state index in [9.17, 15) is 23.1 Å². The van der Waals surface area contributed by atoms with Gasteiger partial charge in [0, 0.05) is 0 Å². The van der Waals surface area contributed by atoms with Crippen molar-refractivity contribution in [1.29, 1.82) is 0 Å². The number of carboxylic acids is 1. The molecule has 0 saturated carbocycles. The number of hydrogen-bond donors (Lipinski definition) is 1. The van der Waals surface area contributed by atoms with Crippen molar-refractivity contribution in [3.8, 4) is 0 Å². The maximum atomic E-state index is 12.6. The maximum absolute atomic E-state index is 12.6. The van der Waals surface area contributed by atoms with Gasteiger partial charge in [-0.25, -0.2) is 0 Å². The summed E-state index contributed by atoms with van der Waals surface area (Å²) in [5.74, 6) is -1.30. The Labute approximate surface area is 127 Å². The highest BCUT2D eigenvalue weighted by Gasteiger charge is 2.33.